The Bertz CT molecular complexity index is 4620. The lowest BCUT2D eigenvalue weighted by Crippen LogP contribution is -2.37. The van der Waals surface area contributed by atoms with E-state index in [9.17, 15) is 0 Å². The van der Waals surface area contributed by atoms with Crippen LogP contribution in [0.2, 0.25) is 15.1 Å². The maximum Gasteiger partial charge on any atom is 0.233 e. The molecular weight excluding hydrogens is 1400 g/mol. The number of ether oxygens (including phenoxy) is 2. The Balaban J connectivity index is 0.000000141. The van der Waals surface area contributed by atoms with Gasteiger partial charge in [-0.15, -0.1) is 0 Å². The Kier molecular flexibility index (Phi) is 25.8. The molecule has 0 bridgehead atoms. The molecule has 15 rings (SSSR count). The van der Waals surface area contributed by atoms with E-state index in [4.69, 9.17) is 59.2 Å². The van der Waals surface area contributed by atoms with E-state index in [-0.39, 0.29) is 0 Å². The minimum Gasteiger partial charge on any atom is -0.384 e. The van der Waals surface area contributed by atoms with Crippen molar-refractivity contribution < 1.29 is 9.47 Å². The van der Waals surface area contributed by atoms with Crippen LogP contribution in [0.3, 0.4) is 0 Å². The number of hydrogen-bond donors (Lipinski definition) is 8. The van der Waals surface area contributed by atoms with Gasteiger partial charge in [0.25, 0.3) is 0 Å². The number of fused-ring (bicyclic) bond motifs is 3. The average molecular weight is 1480 g/mol. The van der Waals surface area contributed by atoms with E-state index >= 15 is 0 Å². The predicted molar refractivity (Wildman–Crippen MR) is 431 cm³/mol. The Hall–Kier alpha value is -10.8. The fourth-order valence-corrected chi connectivity index (χ4v) is 12.6. The first-order valence-electron chi connectivity index (χ1n) is 36.0. The molecule has 0 atom stereocenters. The van der Waals surface area contributed by atoms with Crippen LogP contribution in [0.5, 0.6) is 0 Å². The van der Waals surface area contributed by atoms with Gasteiger partial charge < -0.3 is 66.7 Å². The van der Waals surface area contributed by atoms with Crippen molar-refractivity contribution in [3.8, 4) is 0 Å². The first-order valence-corrected chi connectivity index (χ1v) is 37.1. The van der Waals surface area contributed by atoms with Crippen molar-refractivity contribution in [3.05, 3.63) is 202 Å². The molecule has 0 aliphatic carbocycles. The summed E-state index contributed by atoms with van der Waals surface area (Å²) in [5.41, 5.74) is 11.0. The Morgan fingerprint density at radius 2 is 0.717 bits per heavy atom. The summed E-state index contributed by atoms with van der Waals surface area (Å²) in [6.45, 7) is 15.6. The molecule has 0 saturated carbocycles. The lowest BCUT2D eigenvalue weighted by Gasteiger charge is -2.27. The van der Waals surface area contributed by atoms with Crippen molar-refractivity contribution in [3.63, 3.8) is 0 Å². The van der Waals surface area contributed by atoms with Gasteiger partial charge in [0.2, 0.25) is 47.6 Å². The Labute approximate surface area is 631 Å². The molecule has 546 valence electrons. The molecule has 0 radical (unpaired) electrons. The molecule has 3 aliphatic rings. The van der Waals surface area contributed by atoms with Crippen molar-refractivity contribution in [2.45, 2.75) is 58.8 Å². The number of hydrogen-bond acceptors (Lipinski definition) is 25. The predicted octanol–water partition coefficient (Wildman–Crippen LogP) is 15.6. The normalized spacial score (nSPS) is 13.6. The molecule has 106 heavy (non-hydrogen) atoms. The maximum atomic E-state index is 6.11. The summed E-state index contributed by atoms with van der Waals surface area (Å²) in [7, 11) is 0. The van der Waals surface area contributed by atoms with Crippen LogP contribution < -0.4 is 57.2 Å². The molecule has 12 aromatic rings. The largest absolute Gasteiger partial charge is 0.384 e. The van der Waals surface area contributed by atoms with Crippen LogP contribution in [0.1, 0.15) is 55.5 Å². The Morgan fingerprint density at radius 3 is 1.15 bits per heavy atom. The molecule has 25 nitrogen and oxygen atoms in total. The number of morpholine rings is 2. The number of nitrogens with zero attached hydrogens (tertiary/aromatic N) is 15. The van der Waals surface area contributed by atoms with Crippen molar-refractivity contribution in [2.24, 2.45) is 0 Å². The second kappa shape index (κ2) is 37.2. The summed E-state index contributed by atoms with van der Waals surface area (Å²) in [4.78, 5) is 61.9. The van der Waals surface area contributed by atoms with Crippen LogP contribution in [0.4, 0.5) is 81.7 Å². The van der Waals surface area contributed by atoms with Crippen LogP contribution in [0, 0.1) is 13.8 Å². The van der Waals surface area contributed by atoms with E-state index in [1.807, 2.05) is 127 Å². The molecule has 6 aromatic heterocycles. The molecule has 6 aromatic carbocycles. The molecule has 3 aliphatic heterocycles. The van der Waals surface area contributed by atoms with Gasteiger partial charge in [-0.2, -0.15) is 44.9 Å². The van der Waals surface area contributed by atoms with Gasteiger partial charge in [-0.1, -0.05) is 88.4 Å². The van der Waals surface area contributed by atoms with Crippen molar-refractivity contribution >= 4 is 149 Å². The van der Waals surface area contributed by atoms with Crippen molar-refractivity contribution in [2.75, 3.05) is 156 Å². The van der Waals surface area contributed by atoms with Crippen LogP contribution in [-0.2, 0) is 15.9 Å². The number of benzene rings is 6. The number of aromatic nitrogens is 12. The fourth-order valence-electron chi connectivity index (χ4n) is 12.1. The summed E-state index contributed by atoms with van der Waals surface area (Å²) in [5, 5.41) is 32.4. The zero-order valence-corrected chi connectivity index (χ0v) is 61.6. The van der Waals surface area contributed by atoms with Gasteiger partial charge in [0.15, 0.2) is 0 Å². The summed E-state index contributed by atoms with van der Waals surface area (Å²) in [5.74, 6) is 5.58. The third-order valence-electron chi connectivity index (χ3n) is 17.7. The van der Waals surface area contributed by atoms with E-state index in [0.717, 1.165) is 163 Å². The highest BCUT2D eigenvalue weighted by Crippen LogP contribution is 2.30. The number of halogens is 3. The SMILES string of the molecule is Cc1ccc(Nc2nc(NCCCNc3ccnc4cc(Cl)ccc34)nc(N3CCOCC3)n2)cc1.Cc1ccc(Nc2nc(NCCCNc3ccnc4cc(Cl)ccc34)nc(N3CCOCC3)n2)cc1.Clc1ccc2c(NCCCc3nc(Nc4ccccc4)nc(N4CCCCC4)n3)ccnc2c1. The first kappa shape index (κ1) is 73.5. The Morgan fingerprint density at radius 1 is 0.349 bits per heavy atom. The van der Waals surface area contributed by atoms with Crippen LogP contribution in [0.15, 0.2) is 170 Å². The van der Waals surface area contributed by atoms with Gasteiger partial charge in [-0.25, -0.2) is 0 Å². The molecule has 0 unspecified atom stereocenters. The van der Waals surface area contributed by atoms with E-state index in [1.165, 1.54) is 30.4 Å². The number of pyridine rings is 3. The lowest BCUT2D eigenvalue weighted by atomic mass is 10.1. The smallest absolute Gasteiger partial charge is 0.233 e. The average Bonchev–Trinajstić information content (AvgIpc) is 0.930. The molecule has 0 spiro atoms. The number of para-hydroxylation sites is 1. The third kappa shape index (κ3) is 21.2. The molecule has 28 heteroatoms. The van der Waals surface area contributed by atoms with E-state index in [0.29, 0.717) is 96.2 Å². The monoisotopic (exact) mass is 1480 g/mol. The second-order valence-corrected chi connectivity index (χ2v) is 27.0. The summed E-state index contributed by atoms with van der Waals surface area (Å²) < 4.78 is 11.0. The number of nitrogens with one attached hydrogen (secondary N) is 8. The lowest BCUT2D eigenvalue weighted by molar-refractivity contribution is 0.122. The van der Waals surface area contributed by atoms with Gasteiger partial charge in [-0.3, -0.25) is 15.0 Å². The highest BCUT2D eigenvalue weighted by Gasteiger charge is 2.21. The number of rotatable bonds is 26. The van der Waals surface area contributed by atoms with Gasteiger partial charge >= 0.3 is 0 Å². The van der Waals surface area contributed by atoms with Gasteiger partial charge in [0.1, 0.15) is 5.82 Å². The number of aryl methyl sites for hydroxylation is 3. The number of piperidine rings is 1. The van der Waals surface area contributed by atoms with E-state index < -0.39 is 0 Å². The molecule has 3 saturated heterocycles. The van der Waals surface area contributed by atoms with Crippen LogP contribution in [0.25, 0.3) is 32.7 Å². The molecule has 0 amide bonds. The fraction of sp³-hybridized carbons (Fsp3) is 0.308. The third-order valence-corrected chi connectivity index (χ3v) is 18.4. The van der Waals surface area contributed by atoms with Crippen molar-refractivity contribution in [1.82, 2.24) is 59.8 Å². The zero-order valence-electron chi connectivity index (χ0n) is 59.4. The highest BCUT2D eigenvalue weighted by molar-refractivity contribution is 6.32. The topological polar surface area (TPSA) is 279 Å². The van der Waals surface area contributed by atoms with Gasteiger partial charge in [0, 0.05) is 162 Å². The highest BCUT2D eigenvalue weighted by atomic mass is 35.5. The van der Waals surface area contributed by atoms with E-state index in [1.54, 1.807) is 18.6 Å². The maximum absolute atomic E-state index is 6.11. The minimum atomic E-state index is 0.512. The summed E-state index contributed by atoms with van der Waals surface area (Å²) in [6.07, 6.45) is 12.4. The summed E-state index contributed by atoms with van der Waals surface area (Å²) >= 11 is 18.3. The van der Waals surface area contributed by atoms with Crippen LogP contribution in [-0.4, -0.2) is 158 Å². The quantitative estimate of drug-likeness (QED) is 0.0234. The number of anilines is 14. The van der Waals surface area contributed by atoms with Gasteiger partial charge in [0.05, 0.1) is 43.0 Å². The molecular formula is C78H86Cl3N23O2. The molecule has 8 N–H and O–H groups in total. The second-order valence-electron chi connectivity index (χ2n) is 25.7. The zero-order chi connectivity index (χ0) is 72.7. The molecule has 9 heterocycles. The molecule has 3 fully saturated rings. The van der Waals surface area contributed by atoms with Gasteiger partial charge in [-0.05, 0) is 162 Å². The van der Waals surface area contributed by atoms with Crippen LogP contribution >= 0.6 is 34.8 Å². The minimum absolute atomic E-state index is 0.512. The standard InChI is InChI=1S/2C26H29ClN8O.C26H28ClN7/c2*1-18-3-6-20(7-4-18)31-25-32-24(33-26(34-25)35-13-15-36-16-14-35)30-11-2-10-28-22-9-12-29-23-17-19(27)5-8-21(22)23;27-19-11-12-21-22(13-15-29-23(21)18-19)28-14-7-10-24-31-25(30-20-8-3-1-4-9-20)33-26(32-24)34-16-5-2-6-17-34/h2*3-9,12,17H,2,10-11,13-16H2,1H3,(H,28,29)(H2,30,31,32,33,34);1,3-4,8-9,11-13,15,18H,2,5-7,10,14,16-17H2,(H,28,29)(H,30,31,32,33). The first-order chi connectivity index (χ1) is 52.0. The summed E-state index contributed by atoms with van der Waals surface area (Å²) in [6, 6.07) is 49.5. The van der Waals surface area contributed by atoms with Crippen molar-refractivity contribution in [1.29, 1.82) is 0 Å². The van der Waals surface area contributed by atoms with E-state index in [2.05, 4.69) is 140 Å².